The van der Waals surface area contributed by atoms with Gasteiger partial charge < -0.3 is 15.8 Å². The van der Waals surface area contributed by atoms with Crippen molar-refractivity contribution in [2.24, 2.45) is 0 Å². The molecular formula is C11H15N5O3. The van der Waals surface area contributed by atoms with Gasteiger partial charge in [0.05, 0.1) is 7.11 Å². The van der Waals surface area contributed by atoms with Gasteiger partial charge in [0.25, 0.3) is 5.91 Å². The van der Waals surface area contributed by atoms with E-state index in [1.807, 2.05) is 0 Å². The first-order chi connectivity index (χ1) is 9.01. The van der Waals surface area contributed by atoms with Crippen molar-refractivity contribution in [2.45, 2.75) is 18.9 Å². The molecule has 0 aromatic carbocycles. The molecule has 102 valence electrons. The number of likely N-dealkylation sites (N-methyl/N-ethyl adjacent to an activating group) is 1. The quantitative estimate of drug-likeness (QED) is 0.717. The van der Waals surface area contributed by atoms with Gasteiger partial charge in [-0.1, -0.05) is 0 Å². The summed E-state index contributed by atoms with van der Waals surface area (Å²) in [4.78, 5) is 32.2. The van der Waals surface area contributed by atoms with Crippen LogP contribution in [0, 0.1) is 0 Å². The number of hydrogen-bond acceptors (Lipinski definition) is 7. The third-order valence-electron chi connectivity index (χ3n) is 2.90. The van der Waals surface area contributed by atoms with Gasteiger partial charge in [-0.05, 0) is 6.42 Å². The minimum atomic E-state index is -0.498. The fraction of sp³-hybridized carbons (Fsp3) is 0.455. The molecule has 19 heavy (non-hydrogen) atoms. The first-order valence-corrected chi connectivity index (χ1v) is 5.76. The molecule has 1 saturated heterocycles. The molecule has 0 radical (unpaired) electrons. The number of piperidine rings is 1. The van der Waals surface area contributed by atoms with E-state index in [9.17, 15) is 9.59 Å². The molecule has 1 aliphatic heterocycles. The van der Waals surface area contributed by atoms with E-state index in [4.69, 9.17) is 10.5 Å². The number of carbonyl (C=O) groups is 2. The van der Waals surface area contributed by atoms with Crippen LogP contribution in [-0.2, 0) is 9.59 Å². The topological polar surface area (TPSA) is 110 Å². The Hall–Kier alpha value is -2.38. The lowest BCUT2D eigenvalue weighted by atomic mass is 10.0. The van der Waals surface area contributed by atoms with Crippen molar-refractivity contribution in [2.75, 3.05) is 25.2 Å². The van der Waals surface area contributed by atoms with Crippen molar-refractivity contribution in [3.05, 3.63) is 6.07 Å². The van der Waals surface area contributed by atoms with Crippen LogP contribution >= 0.6 is 0 Å². The van der Waals surface area contributed by atoms with Gasteiger partial charge in [-0.25, -0.2) is 0 Å². The highest BCUT2D eigenvalue weighted by atomic mass is 16.5. The molecule has 0 aliphatic carbocycles. The highest BCUT2D eigenvalue weighted by molar-refractivity contribution is 6.01. The lowest BCUT2D eigenvalue weighted by Gasteiger charge is -2.28. The summed E-state index contributed by atoms with van der Waals surface area (Å²) in [5.41, 5.74) is 5.53. The number of ether oxygens (including phenoxy) is 1. The van der Waals surface area contributed by atoms with Crippen LogP contribution in [-0.4, -0.2) is 46.9 Å². The number of nitrogens with two attached hydrogens (primary N) is 1. The van der Waals surface area contributed by atoms with Gasteiger partial charge in [0.15, 0.2) is 0 Å². The van der Waals surface area contributed by atoms with Crippen molar-refractivity contribution >= 4 is 23.6 Å². The molecule has 1 atom stereocenters. The predicted molar refractivity (Wildman–Crippen MR) is 67.4 cm³/mol. The number of nitrogen functional groups attached to an aromatic ring is 1. The van der Waals surface area contributed by atoms with Crippen LogP contribution in [0.2, 0.25) is 0 Å². The number of nitrogens with zero attached hydrogens (tertiary/aromatic N) is 3. The normalized spacial score (nSPS) is 19.5. The maximum atomic E-state index is 11.9. The zero-order valence-corrected chi connectivity index (χ0v) is 10.7. The zero-order chi connectivity index (χ0) is 14.0. The minimum absolute atomic E-state index is 0.0505. The lowest BCUT2D eigenvalue weighted by Crippen LogP contribution is -2.48. The largest absolute Gasteiger partial charge is 0.481 e. The smallest absolute Gasteiger partial charge is 0.251 e. The number of carbonyl (C=O) groups excluding carboxylic acids is 2. The molecule has 1 aliphatic rings. The zero-order valence-electron chi connectivity index (χ0n) is 10.7. The van der Waals surface area contributed by atoms with Crippen LogP contribution in [0.3, 0.4) is 0 Å². The third-order valence-corrected chi connectivity index (χ3v) is 2.90. The molecule has 1 unspecified atom stereocenters. The van der Waals surface area contributed by atoms with E-state index in [1.54, 1.807) is 6.07 Å². The average molecular weight is 265 g/mol. The van der Waals surface area contributed by atoms with Crippen molar-refractivity contribution < 1.29 is 14.3 Å². The summed E-state index contributed by atoms with van der Waals surface area (Å²) in [6.45, 7) is 0. The number of anilines is 2. The van der Waals surface area contributed by atoms with Crippen molar-refractivity contribution in [1.29, 1.82) is 0 Å². The second kappa shape index (κ2) is 5.09. The van der Waals surface area contributed by atoms with E-state index in [0.29, 0.717) is 24.5 Å². The molecule has 8 heteroatoms. The molecule has 3 N–H and O–H groups in total. The Morgan fingerprint density at radius 3 is 2.89 bits per heavy atom. The fourth-order valence-electron chi connectivity index (χ4n) is 1.85. The van der Waals surface area contributed by atoms with Crippen molar-refractivity contribution in [3.8, 4) is 5.88 Å². The van der Waals surface area contributed by atoms with Gasteiger partial charge in [-0.3, -0.25) is 14.5 Å². The summed E-state index contributed by atoms with van der Waals surface area (Å²) in [7, 11) is 2.93. The standard InChI is InChI=1S/C11H15N5O3/c1-16-9(17)4-3-6(10(16)18)13-7-5-8(19-2)15-11(12)14-7/h5-6H,3-4H2,1-2H3,(H3,12,13,14,15). The highest BCUT2D eigenvalue weighted by Gasteiger charge is 2.31. The predicted octanol–water partition coefficient (Wildman–Crippen LogP) is -0.373. The van der Waals surface area contributed by atoms with Crippen LogP contribution < -0.4 is 15.8 Å². The van der Waals surface area contributed by atoms with Gasteiger partial charge in [-0.2, -0.15) is 9.97 Å². The van der Waals surface area contributed by atoms with Crippen LogP contribution in [0.5, 0.6) is 5.88 Å². The molecule has 0 saturated carbocycles. The van der Waals surface area contributed by atoms with Gasteiger partial charge in [0, 0.05) is 19.5 Å². The molecule has 0 bridgehead atoms. The fourth-order valence-corrected chi connectivity index (χ4v) is 1.85. The average Bonchev–Trinajstić information content (AvgIpc) is 2.39. The Kier molecular flexibility index (Phi) is 3.50. The Bertz CT molecular complexity index is 519. The second-order valence-corrected chi connectivity index (χ2v) is 4.18. The van der Waals surface area contributed by atoms with Crippen molar-refractivity contribution in [1.82, 2.24) is 14.9 Å². The second-order valence-electron chi connectivity index (χ2n) is 4.18. The van der Waals surface area contributed by atoms with Gasteiger partial charge in [0.2, 0.25) is 17.7 Å². The van der Waals surface area contributed by atoms with E-state index in [2.05, 4.69) is 15.3 Å². The minimum Gasteiger partial charge on any atom is -0.481 e. The number of rotatable bonds is 3. The monoisotopic (exact) mass is 265 g/mol. The maximum Gasteiger partial charge on any atom is 0.251 e. The molecule has 8 nitrogen and oxygen atoms in total. The SMILES string of the molecule is COc1cc(NC2CCC(=O)N(C)C2=O)nc(N)n1. The maximum absolute atomic E-state index is 11.9. The number of nitrogens with one attached hydrogen (secondary N) is 1. The number of amides is 2. The molecular weight excluding hydrogens is 250 g/mol. The Morgan fingerprint density at radius 1 is 1.47 bits per heavy atom. The van der Waals surface area contributed by atoms with Crippen LogP contribution in [0.15, 0.2) is 6.07 Å². The molecule has 1 aromatic rings. The number of imide groups is 1. The lowest BCUT2D eigenvalue weighted by molar-refractivity contribution is -0.146. The van der Waals surface area contributed by atoms with Crippen molar-refractivity contribution in [3.63, 3.8) is 0 Å². The first kappa shape index (κ1) is 13.1. The number of aromatic nitrogens is 2. The Labute approximate surface area is 110 Å². The van der Waals surface area contributed by atoms with Crippen LogP contribution in [0.25, 0.3) is 0 Å². The first-order valence-electron chi connectivity index (χ1n) is 5.76. The summed E-state index contributed by atoms with van der Waals surface area (Å²) >= 11 is 0. The van der Waals surface area contributed by atoms with E-state index < -0.39 is 6.04 Å². The van der Waals surface area contributed by atoms with Gasteiger partial charge in [0.1, 0.15) is 11.9 Å². The molecule has 2 rings (SSSR count). The van der Waals surface area contributed by atoms with Gasteiger partial charge >= 0.3 is 0 Å². The van der Waals surface area contributed by atoms with E-state index in [1.165, 1.54) is 14.2 Å². The van der Waals surface area contributed by atoms with E-state index in [-0.39, 0.29) is 17.8 Å². The van der Waals surface area contributed by atoms with Crippen LogP contribution in [0.4, 0.5) is 11.8 Å². The van der Waals surface area contributed by atoms with E-state index >= 15 is 0 Å². The molecule has 1 fully saturated rings. The number of methoxy groups -OCH3 is 1. The summed E-state index contributed by atoms with van der Waals surface area (Å²) in [6.07, 6.45) is 0.742. The molecule has 0 spiro atoms. The Morgan fingerprint density at radius 2 is 2.21 bits per heavy atom. The van der Waals surface area contributed by atoms with Crippen LogP contribution in [0.1, 0.15) is 12.8 Å². The highest BCUT2D eigenvalue weighted by Crippen LogP contribution is 2.19. The molecule has 1 aromatic heterocycles. The summed E-state index contributed by atoms with van der Waals surface area (Å²) in [6, 6.07) is 1.04. The Balaban J connectivity index is 2.15. The molecule has 2 heterocycles. The number of likely N-dealkylation sites (tertiary alicyclic amines) is 1. The molecule has 2 amide bonds. The summed E-state index contributed by atoms with van der Waals surface area (Å²) in [5.74, 6) is 0.290. The number of hydrogen-bond donors (Lipinski definition) is 2. The summed E-state index contributed by atoms with van der Waals surface area (Å²) in [5, 5.41) is 2.94. The third kappa shape index (κ3) is 2.72. The van der Waals surface area contributed by atoms with E-state index in [0.717, 1.165) is 4.90 Å². The van der Waals surface area contributed by atoms with Gasteiger partial charge in [-0.15, -0.1) is 0 Å². The summed E-state index contributed by atoms with van der Waals surface area (Å²) < 4.78 is 4.97.